The minimum atomic E-state index is -1.90. The van der Waals surface area contributed by atoms with Crippen LogP contribution >= 0.6 is 0 Å². The third-order valence-corrected chi connectivity index (χ3v) is 8.79. The van der Waals surface area contributed by atoms with Crippen LogP contribution in [-0.4, -0.2) is 63.4 Å². The fourth-order valence-corrected chi connectivity index (χ4v) is 6.43. The van der Waals surface area contributed by atoms with Gasteiger partial charge in [0.25, 0.3) is 5.56 Å². The summed E-state index contributed by atoms with van der Waals surface area (Å²) in [4.78, 5) is 57.2. The van der Waals surface area contributed by atoms with Gasteiger partial charge in [-0.05, 0) is 63.5 Å². The van der Waals surface area contributed by atoms with Gasteiger partial charge in [-0.15, -0.1) is 0 Å². The highest BCUT2D eigenvalue weighted by molar-refractivity contribution is 5.93. The Morgan fingerprint density at radius 2 is 1.87 bits per heavy atom. The molecule has 0 fully saturated rings. The number of esters is 1. The average molecular weight is 636 g/mol. The smallest absolute Gasteiger partial charge is 0.412 e. The number of hydroxylamine groups is 1. The SMILES string of the molecule is CCc1c2c(nc3ccc(OC(=O)NCCCCCCC(=O)NO)c(CN(C)C)c13)-c1cc3c(c(=O)n1C2)COC(=O)C3(O)CC. The molecule has 0 radical (unpaired) electrons. The lowest BCUT2D eigenvalue weighted by Gasteiger charge is -2.31. The van der Waals surface area contributed by atoms with Gasteiger partial charge in [-0.1, -0.05) is 26.7 Å². The maximum atomic E-state index is 13.7. The van der Waals surface area contributed by atoms with Crippen LogP contribution in [0.25, 0.3) is 22.3 Å². The Morgan fingerprint density at radius 3 is 2.57 bits per heavy atom. The molecule has 4 heterocycles. The van der Waals surface area contributed by atoms with Gasteiger partial charge in [0.2, 0.25) is 5.91 Å². The summed E-state index contributed by atoms with van der Waals surface area (Å²) in [6.07, 6.45) is 3.34. The van der Waals surface area contributed by atoms with Gasteiger partial charge in [0.15, 0.2) is 5.60 Å². The van der Waals surface area contributed by atoms with Gasteiger partial charge in [-0.25, -0.2) is 20.1 Å². The largest absolute Gasteiger partial charge is 0.458 e. The Kier molecular flexibility index (Phi) is 9.75. The van der Waals surface area contributed by atoms with Crippen LogP contribution in [0.5, 0.6) is 5.75 Å². The van der Waals surface area contributed by atoms with E-state index in [0.29, 0.717) is 55.0 Å². The molecule has 5 rings (SSSR count). The van der Waals surface area contributed by atoms with E-state index < -0.39 is 23.6 Å². The van der Waals surface area contributed by atoms with Crippen molar-refractivity contribution in [3.05, 3.63) is 56.4 Å². The van der Waals surface area contributed by atoms with Crippen LogP contribution in [-0.2, 0) is 46.0 Å². The number of rotatable bonds is 12. The van der Waals surface area contributed by atoms with Crippen molar-refractivity contribution in [2.75, 3.05) is 20.6 Å². The van der Waals surface area contributed by atoms with E-state index in [1.807, 2.05) is 25.9 Å². The van der Waals surface area contributed by atoms with Crippen molar-refractivity contribution in [1.29, 1.82) is 0 Å². The average Bonchev–Trinajstić information content (AvgIpc) is 3.40. The van der Waals surface area contributed by atoms with E-state index in [2.05, 4.69) is 5.32 Å². The number of amides is 2. The van der Waals surface area contributed by atoms with Crippen molar-refractivity contribution >= 4 is 28.9 Å². The summed E-state index contributed by atoms with van der Waals surface area (Å²) in [6, 6.07) is 5.24. The molecule has 2 amide bonds. The number of fused-ring (bicyclic) bond motifs is 5. The van der Waals surface area contributed by atoms with Gasteiger partial charge in [0.1, 0.15) is 12.4 Å². The molecule has 246 valence electrons. The number of aromatic nitrogens is 2. The molecule has 0 saturated carbocycles. The molecule has 2 aliphatic heterocycles. The molecular weight excluding hydrogens is 594 g/mol. The number of aryl methyl sites for hydroxylation is 1. The maximum Gasteiger partial charge on any atom is 0.412 e. The van der Waals surface area contributed by atoms with E-state index >= 15 is 0 Å². The lowest BCUT2D eigenvalue weighted by molar-refractivity contribution is -0.172. The first-order valence-corrected chi connectivity index (χ1v) is 15.7. The highest BCUT2D eigenvalue weighted by atomic mass is 16.6. The number of unbranched alkanes of at least 4 members (excludes halogenated alkanes) is 3. The summed E-state index contributed by atoms with van der Waals surface area (Å²) in [5, 5.41) is 23.4. The number of cyclic esters (lactones) is 1. The Bertz CT molecular complexity index is 1750. The molecule has 2 aromatic heterocycles. The van der Waals surface area contributed by atoms with E-state index in [1.165, 1.54) is 0 Å². The van der Waals surface area contributed by atoms with Crippen LogP contribution in [0.1, 0.15) is 80.2 Å². The monoisotopic (exact) mass is 635 g/mol. The zero-order chi connectivity index (χ0) is 33.2. The number of nitrogens with zero attached hydrogens (tertiary/aromatic N) is 3. The molecular formula is C33H41N5O8. The van der Waals surface area contributed by atoms with Crippen molar-refractivity contribution < 1.29 is 34.2 Å². The molecule has 4 N–H and O–H groups in total. The molecule has 0 bridgehead atoms. The van der Waals surface area contributed by atoms with E-state index in [9.17, 15) is 24.3 Å². The van der Waals surface area contributed by atoms with Crippen LogP contribution in [0, 0.1) is 0 Å². The number of hydrogen-bond donors (Lipinski definition) is 4. The molecule has 13 nitrogen and oxygen atoms in total. The molecule has 2 aliphatic rings. The molecule has 1 atom stereocenters. The van der Waals surface area contributed by atoms with Crippen LogP contribution in [0.15, 0.2) is 23.0 Å². The quantitative estimate of drug-likeness (QED) is 0.0784. The Labute approximate surface area is 266 Å². The first-order chi connectivity index (χ1) is 22.0. The number of aliphatic hydroxyl groups is 1. The number of benzene rings is 1. The zero-order valence-electron chi connectivity index (χ0n) is 26.7. The van der Waals surface area contributed by atoms with E-state index in [0.717, 1.165) is 34.9 Å². The Morgan fingerprint density at radius 1 is 1.11 bits per heavy atom. The minimum absolute atomic E-state index is 0.0652. The third-order valence-electron chi connectivity index (χ3n) is 8.79. The topological polar surface area (TPSA) is 172 Å². The summed E-state index contributed by atoms with van der Waals surface area (Å²) in [5.74, 6) is -0.760. The highest BCUT2D eigenvalue weighted by Gasteiger charge is 2.45. The van der Waals surface area contributed by atoms with Crippen molar-refractivity contribution in [3.63, 3.8) is 0 Å². The van der Waals surface area contributed by atoms with E-state index in [1.54, 1.807) is 35.2 Å². The third kappa shape index (κ3) is 6.09. The molecule has 13 heteroatoms. The maximum absolute atomic E-state index is 13.7. The number of hydrogen-bond acceptors (Lipinski definition) is 10. The van der Waals surface area contributed by atoms with Gasteiger partial charge in [0, 0.05) is 41.6 Å². The number of nitrogens with one attached hydrogen (secondary N) is 2. The molecule has 1 aromatic carbocycles. The summed E-state index contributed by atoms with van der Waals surface area (Å²) in [6.45, 7) is 4.67. The van der Waals surface area contributed by atoms with Gasteiger partial charge in [-0.2, -0.15) is 0 Å². The normalized spacial score (nSPS) is 16.5. The van der Waals surface area contributed by atoms with Gasteiger partial charge >= 0.3 is 12.1 Å². The Hall–Kier alpha value is -4.33. The second kappa shape index (κ2) is 13.6. The number of ether oxygens (including phenoxy) is 2. The summed E-state index contributed by atoms with van der Waals surface area (Å²) < 4.78 is 12.7. The second-order valence-electron chi connectivity index (χ2n) is 12.1. The van der Waals surface area contributed by atoms with Crippen molar-refractivity contribution in [1.82, 2.24) is 25.2 Å². The van der Waals surface area contributed by atoms with Gasteiger partial charge < -0.3 is 29.4 Å². The summed E-state index contributed by atoms with van der Waals surface area (Å²) in [7, 11) is 3.86. The van der Waals surface area contributed by atoms with Crippen molar-refractivity contribution in [2.24, 2.45) is 0 Å². The predicted octanol–water partition coefficient (Wildman–Crippen LogP) is 3.25. The molecule has 0 aliphatic carbocycles. The highest BCUT2D eigenvalue weighted by Crippen LogP contribution is 2.42. The minimum Gasteiger partial charge on any atom is -0.458 e. The fourth-order valence-electron chi connectivity index (χ4n) is 6.43. The second-order valence-corrected chi connectivity index (χ2v) is 12.1. The van der Waals surface area contributed by atoms with Crippen LogP contribution < -0.4 is 21.1 Å². The molecule has 3 aromatic rings. The standard InChI is InChI=1S/C33H41N5O8/c1-5-19-20-17-38-25(15-23-22(30(38)40)18-45-31(41)33(23,43)6-2)29(20)35-24-12-13-26(21(28(19)24)16-37(3)4)46-32(42)34-14-10-8-7-9-11-27(39)36-44/h12-13,15,43-44H,5-11,14,16-18H2,1-4H3,(H,34,42)(H,36,39). The van der Waals surface area contributed by atoms with Gasteiger partial charge in [-0.3, -0.25) is 14.8 Å². The Balaban J connectivity index is 1.46. The molecule has 46 heavy (non-hydrogen) atoms. The summed E-state index contributed by atoms with van der Waals surface area (Å²) in [5.41, 5.74) is 4.45. The van der Waals surface area contributed by atoms with Crippen LogP contribution in [0.3, 0.4) is 0 Å². The summed E-state index contributed by atoms with van der Waals surface area (Å²) >= 11 is 0. The van der Waals surface area contributed by atoms with Crippen molar-refractivity contribution in [3.8, 4) is 17.1 Å². The lowest BCUT2D eigenvalue weighted by atomic mass is 9.86. The fraction of sp³-hybridized carbons (Fsp3) is 0.485. The first kappa shape index (κ1) is 33.0. The lowest BCUT2D eigenvalue weighted by Crippen LogP contribution is -2.44. The van der Waals surface area contributed by atoms with Crippen LogP contribution in [0.2, 0.25) is 0 Å². The van der Waals surface area contributed by atoms with Gasteiger partial charge in [0.05, 0.1) is 29.0 Å². The zero-order valence-corrected chi connectivity index (χ0v) is 26.7. The first-order valence-electron chi connectivity index (χ1n) is 15.7. The van der Waals surface area contributed by atoms with E-state index in [4.69, 9.17) is 19.7 Å². The van der Waals surface area contributed by atoms with Crippen molar-refractivity contribution in [2.45, 2.75) is 84.1 Å². The number of carbonyl (C=O) groups is 3. The predicted molar refractivity (Wildman–Crippen MR) is 168 cm³/mol. The number of carbonyl (C=O) groups excluding carboxylic acids is 3. The molecule has 0 saturated heterocycles. The number of pyridine rings is 2. The van der Waals surface area contributed by atoms with Crippen LogP contribution in [0.4, 0.5) is 4.79 Å². The van der Waals surface area contributed by atoms with E-state index in [-0.39, 0.29) is 42.7 Å². The molecule has 0 spiro atoms. The molecule has 1 unspecified atom stereocenters.